The molecule has 6 heteroatoms. The summed E-state index contributed by atoms with van der Waals surface area (Å²) in [4.78, 5) is 0. The quantitative estimate of drug-likeness (QED) is 0.377. The van der Waals surface area contributed by atoms with Crippen LogP contribution in [0.5, 0.6) is 0 Å². The van der Waals surface area contributed by atoms with Gasteiger partial charge in [0.2, 0.25) is 0 Å². The first-order chi connectivity index (χ1) is 0. The maximum absolute atomic E-state index is 0. The van der Waals surface area contributed by atoms with Gasteiger partial charge in [-0.15, -0.1) is 0 Å². The Morgan fingerprint density at radius 3 is 0.833 bits per heavy atom. The van der Waals surface area contributed by atoms with Crippen molar-refractivity contribution in [3.63, 3.8) is 0 Å². The van der Waals surface area contributed by atoms with E-state index in [4.69, 9.17) is 0 Å². The Morgan fingerprint density at radius 2 is 0.833 bits per heavy atom. The van der Waals surface area contributed by atoms with E-state index in [9.17, 15) is 0 Å². The van der Waals surface area contributed by atoms with Gasteiger partial charge in [-0.3, -0.25) is 0 Å². The van der Waals surface area contributed by atoms with E-state index in [-0.39, 0.29) is 164 Å². The van der Waals surface area contributed by atoms with E-state index in [0.29, 0.717) is 0 Å². The van der Waals surface area contributed by atoms with Crippen molar-refractivity contribution in [3.8, 4) is 0 Å². The predicted octanol–water partition coefficient (Wildman–Crippen LogP) is -1.84. The summed E-state index contributed by atoms with van der Waals surface area (Å²) in [6, 6.07) is 0. The van der Waals surface area contributed by atoms with Crippen LogP contribution < -0.4 is 0 Å². The van der Waals surface area contributed by atoms with E-state index in [2.05, 4.69) is 0 Å². The molecule has 0 heterocycles. The van der Waals surface area contributed by atoms with Gasteiger partial charge in [0.1, 0.15) is 0 Å². The molecule has 0 fully saturated rings. The first-order valence-electron chi connectivity index (χ1n) is 0. The van der Waals surface area contributed by atoms with Gasteiger partial charge in [-0.1, -0.05) is 0 Å². The molecule has 0 bridgehead atoms. The summed E-state index contributed by atoms with van der Waals surface area (Å²) < 4.78 is 0. The Balaban J connectivity index is 0. The topological polar surface area (TPSA) is 0 Å². The third-order valence-electron chi connectivity index (χ3n) is 0. The molecule has 0 saturated heterocycles. The fourth-order valence-electron chi connectivity index (χ4n) is 0. The molecule has 0 atom stereocenters. The van der Waals surface area contributed by atoms with Crippen LogP contribution in [0.3, 0.4) is 0 Å². The van der Waals surface area contributed by atoms with Crippen LogP contribution in [0.1, 0.15) is 0 Å². The average molecular weight is 455 g/mol. The molecule has 0 aliphatic heterocycles. The Labute approximate surface area is 160 Å². The van der Waals surface area contributed by atoms with E-state index in [1.54, 1.807) is 0 Å². The number of hydrogen-bond donors (Lipinski definition) is 0. The van der Waals surface area contributed by atoms with Crippen LogP contribution in [0.4, 0.5) is 0 Å². The zero-order valence-corrected chi connectivity index (χ0v) is 12.7. The van der Waals surface area contributed by atoms with Crippen LogP contribution in [-0.2, 0) is 78.4 Å². The van der Waals surface area contributed by atoms with Crippen molar-refractivity contribution >= 4 is 46.1 Å². The molecule has 25 valence electrons. The van der Waals surface area contributed by atoms with Gasteiger partial charge < -0.3 is 0 Å². The summed E-state index contributed by atoms with van der Waals surface area (Å²) in [6.45, 7) is 0. The SMILES string of the molecule is [Gd].[MgH2].[MgH2].[Y].[Zn].[Zr]. The summed E-state index contributed by atoms with van der Waals surface area (Å²) in [6.07, 6.45) is 0. The van der Waals surface area contributed by atoms with E-state index >= 15 is 0 Å². The van der Waals surface area contributed by atoms with Crippen molar-refractivity contribution < 1.29 is 118 Å². The van der Waals surface area contributed by atoms with Crippen LogP contribution in [0.2, 0.25) is 0 Å². The third-order valence-corrected chi connectivity index (χ3v) is 0. The molecular weight excluding hydrogens is 451 g/mol. The molecule has 0 nitrogen and oxygen atoms in total. The summed E-state index contributed by atoms with van der Waals surface area (Å²) in [5, 5.41) is 0. The molecule has 0 aliphatic carbocycles. The Hall–Kier alpha value is 5.47. The minimum absolute atomic E-state index is 0. The van der Waals surface area contributed by atoms with Crippen LogP contribution in [0, 0.1) is 39.9 Å². The Bertz CT molecular complexity index is 13.5. The van der Waals surface area contributed by atoms with Crippen molar-refractivity contribution in [2.24, 2.45) is 0 Å². The van der Waals surface area contributed by atoms with E-state index in [1.807, 2.05) is 0 Å². The van der Waals surface area contributed by atoms with Gasteiger partial charge in [-0.05, 0) is 0 Å². The van der Waals surface area contributed by atoms with Crippen molar-refractivity contribution in [3.05, 3.63) is 0 Å². The minimum atomic E-state index is 0. The van der Waals surface area contributed by atoms with Crippen LogP contribution in [0.15, 0.2) is 0 Å². The maximum atomic E-state index is 0. The Morgan fingerprint density at radius 1 is 0.833 bits per heavy atom. The van der Waals surface area contributed by atoms with Gasteiger partial charge in [0.15, 0.2) is 0 Å². The molecule has 0 spiro atoms. The summed E-state index contributed by atoms with van der Waals surface area (Å²) >= 11 is 0. The van der Waals surface area contributed by atoms with Gasteiger partial charge in [0, 0.05) is 118 Å². The van der Waals surface area contributed by atoms with Crippen LogP contribution in [-0.4, -0.2) is 46.1 Å². The summed E-state index contributed by atoms with van der Waals surface area (Å²) in [5.41, 5.74) is 0. The van der Waals surface area contributed by atoms with Gasteiger partial charge in [0.25, 0.3) is 0 Å². The second kappa shape index (κ2) is 31.4. The average Bonchev–Trinajstić information content (AvgIpc) is 0. The molecule has 0 rings (SSSR count). The molecule has 0 N–H and O–H groups in total. The smallest absolute Gasteiger partial charge is 0 e. The Kier molecular flexibility index (Phi) is 220. The standard InChI is InChI=1S/Gd.2Mg.Y.Zn.Zr.4H. The second-order valence-electron chi connectivity index (χ2n) is 0. The summed E-state index contributed by atoms with van der Waals surface area (Å²) in [7, 11) is 0. The van der Waals surface area contributed by atoms with Crippen LogP contribution in [0.25, 0.3) is 0 Å². The van der Waals surface area contributed by atoms with Gasteiger partial charge in [0.05, 0.1) is 0 Å². The third kappa shape index (κ3) is 22.7. The van der Waals surface area contributed by atoms with E-state index in [1.165, 1.54) is 0 Å². The zero-order valence-electron chi connectivity index (χ0n) is 2.14. The molecule has 0 amide bonds. The van der Waals surface area contributed by atoms with E-state index < -0.39 is 0 Å². The fraction of sp³-hybridized carbons (Fsp3) is 0. The van der Waals surface area contributed by atoms with Gasteiger partial charge in [-0.2, -0.15) is 0 Å². The monoisotopic (exact) mass is 453 g/mol. The van der Waals surface area contributed by atoms with Crippen LogP contribution >= 0.6 is 0 Å². The predicted molar refractivity (Wildman–Crippen MR) is 17.1 cm³/mol. The minimum Gasteiger partial charge on any atom is 0 e. The molecule has 0 aliphatic rings. The zero-order chi connectivity index (χ0) is 0. The number of rotatable bonds is 0. The normalized spacial score (nSPS) is 0. The fourth-order valence-corrected chi connectivity index (χ4v) is 0. The number of hydrogen-bond acceptors (Lipinski definition) is 0. The summed E-state index contributed by atoms with van der Waals surface area (Å²) in [5.74, 6) is 0. The van der Waals surface area contributed by atoms with Crippen molar-refractivity contribution in [1.82, 2.24) is 0 Å². The van der Waals surface area contributed by atoms with Crippen molar-refractivity contribution in [2.45, 2.75) is 0 Å². The molecule has 0 aromatic carbocycles. The van der Waals surface area contributed by atoms with Gasteiger partial charge in [-0.25, -0.2) is 0 Å². The molecule has 0 saturated carbocycles. The maximum Gasteiger partial charge on any atom is 0.316 e. The molecular formula is H4GdMg2YZnZr. The molecule has 0 aromatic rings. The molecule has 0 aromatic heterocycles. The molecule has 0 unspecified atom stereocenters. The first-order valence-corrected chi connectivity index (χ1v) is 0. The largest absolute Gasteiger partial charge is 0.316 e. The second-order valence-corrected chi connectivity index (χ2v) is 0. The van der Waals surface area contributed by atoms with Gasteiger partial charge >= 0.3 is 46.1 Å². The van der Waals surface area contributed by atoms with Crippen molar-refractivity contribution in [1.29, 1.82) is 0 Å². The molecule has 1 radical (unpaired) electrons. The van der Waals surface area contributed by atoms with E-state index in [0.717, 1.165) is 0 Å². The molecule has 6 heavy (non-hydrogen) atoms. The first kappa shape index (κ1) is 42.0. The van der Waals surface area contributed by atoms with Crippen molar-refractivity contribution in [2.75, 3.05) is 0 Å².